The van der Waals surface area contributed by atoms with Crippen LogP contribution in [0.15, 0.2) is 28.6 Å². The number of nitrogens with one attached hydrogen (secondary N) is 1. The van der Waals surface area contributed by atoms with Crippen molar-refractivity contribution in [3.05, 3.63) is 40.0 Å². The summed E-state index contributed by atoms with van der Waals surface area (Å²) >= 11 is 6.70. The fraction of sp³-hybridized carbons (Fsp3) is 0.167. The van der Waals surface area contributed by atoms with Crippen LogP contribution in [0.3, 0.4) is 0 Å². The number of carbonyl (C=O) groups is 1. The molecule has 0 aliphatic heterocycles. The van der Waals surface area contributed by atoms with Gasteiger partial charge in [0.25, 0.3) is 10.0 Å². The Morgan fingerprint density at radius 1 is 1.48 bits per heavy atom. The summed E-state index contributed by atoms with van der Waals surface area (Å²) in [4.78, 5) is 14.9. The topological polar surface area (TPSA) is 96.4 Å². The number of aryl methyl sites for hydroxylation is 1. The van der Waals surface area contributed by atoms with Crippen LogP contribution in [0.1, 0.15) is 10.4 Å². The van der Waals surface area contributed by atoms with Gasteiger partial charge in [-0.3, -0.25) is 9.52 Å². The Morgan fingerprint density at radius 3 is 2.81 bits per heavy atom. The van der Waals surface area contributed by atoms with E-state index in [1.807, 2.05) is 0 Å². The first-order valence-electron chi connectivity index (χ1n) is 5.73. The molecule has 2 N–H and O–H groups in total. The largest absolute Gasteiger partial charge is 0.481 e. The summed E-state index contributed by atoms with van der Waals surface area (Å²) in [5.41, 5.74) is 0.944. The summed E-state index contributed by atoms with van der Waals surface area (Å²) in [6.07, 6.45) is 1.11. The number of halogens is 1. The molecule has 0 fully saturated rings. The van der Waals surface area contributed by atoms with Gasteiger partial charge in [-0.25, -0.2) is 13.4 Å². The predicted octanol–water partition coefficient (Wildman–Crippen LogP) is 2.53. The van der Waals surface area contributed by atoms with Crippen molar-refractivity contribution in [2.45, 2.75) is 17.6 Å². The zero-order chi connectivity index (χ0) is 15.6. The van der Waals surface area contributed by atoms with Crippen LogP contribution in [0.25, 0.3) is 0 Å². The first-order valence-corrected chi connectivity index (χ1v) is 8.41. The van der Waals surface area contributed by atoms with Gasteiger partial charge in [0.2, 0.25) is 0 Å². The maximum absolute atomic E-state index is 12.2. The van der Waals surface area contributed by atoms with Crippen molar-refractivity contribution in [2.24, 2.45) is 0 Å². The maximum Gasteiger partial charge on any atom is 0.308 e. The Kier molecular flexibility index (Phi) is 4.50. The van der Waals surface area contributed by atoms with E-state index in [0.717, 1.165) is 11.3 Å². The number of carboxylic acids is 1. The fourth-order valence-electron chi connectivity index (χ4n) is 1.57. The standard InChI is InChI=1S/C12H11ClN2O4S2/c1-7-4-8(6-14-12(7)13)15-21(18,19)11-3-2-9(20-11)5-10(16)17/h2-4,6,15H,5H2,1H3,(H,16,17). The molecule has 21 heavy (non-hydrogen) atoms. The van der Waals surface area contributed by atoms with Crippen LogP contribution < -0.4 is 4.72 Å². The summed E-state index contributed by atoms with van der Waals surface area (Å²) in [5, 5.41) is 9.00. The molecule has 0 atom stereocenters. The number of rotatable bonds is 5. The molecule has 2 aromatic heterocycles. The van der Waals surface area contributed by atoms with Crippen LogP contribution in [0, 0.1) is 6.92 Å². The molecule has 0 saturated heterocycles. The van der Waals surface area contributed by atoms with Crippen LogP contribution in [0.2, 0.25) is 5.15 Å². The van der Waals surface area contributed by atoms with Crippen molar-refractivity contribution >= 4 is 44.6 Å². The lowest BCUT2D eigenvalue weighted by molar-refractivity contribution is -0.136. The lowest BCUT2D eigenvalue weighted by Gasteiger charge is -2.07. The third-order valence-electron chi connectivity index (χ3n) is 2.49. The summed E-state index contributed by atoms with van der Waals surface area (Å²) in [7, 11) is -3.77. The van der Waals surface area contributed by atoms with Crippen LogP contribution in [-0.4, -0.2) is 24.5 Å². The second kappa shape index (κ2) is 6.00. The Balaban J connectivity index is 2.23. The number of hydrogen-bond acceptors (Lipinski definition) is 5. The molecule has 6 nitrogen and oxygen atoms in total. The van der Waals surface area contributed by atoms with Crippen molar-refractivity contribution in [3.8, 4) is 0 Å². The second-order valence-corrected chi connectivity index (χ2v) is 7.66. The lowest BCUT2D eigenvalue weighted by Crippen LogP contribution is -2.11. The van der Waals surface area contributed by atoms with E-state index in [9.17, 15) is 13.2 Å². The molecule has 0 aliphatic rings. The third-order valence-corrected chi connectivity index (χ3v) is 5.85. The third kappa shape index (κ3) is 3.93. The van der Waals surface area contributed by atoms with E-state index >= 15 is 0 Å². The van der Waals surface area contributed by atoms with Crippen molar-refractivity contribution in [3.63, 3.8) is 0 Å². The van der Waals surface area contributed by atoms with Crippen molar-refractivity contribution in [1.29, 1.82) is 0 Å². The minimum absolute atomic E-state index is 0.0475. The highest BCUT2D eigenvalue weighted by Gasteiger charge is 2.18. The Labute approximate surface area is 130 Å². The van der Waals surface area contributed by atoms with Gasteiger partial charge in [0, 0.05) is 4.88 Å². The average molecular weight is 347 g/mol. The molecule has 2 aromatic rings. The summed E-state index contributed by atoms with van der Waals surface area (Å²) in [6, 6.07) is 4.43. The smallest absolute Gasteiger partial charge is 0.308 e. The van der Waals surface area contributed by atoms with Gasteiger partial charge in [-0.05, 0) is 30.7 Å². The van der Waals surface area contributed by atoms with E-state index < -0.39 is 16.0 Å². The molecule has 112 valence electrons. The van der Waals surface area contributed by atoms with Crippen LogP contribution in [0.4, 0.5) is 5.69 Å². The quantitative estimate of drug-likeness (QED) is 0.811. The number of aromatic nitrogens is 1. The van der Waals surface area contributed by atoms with E-state index in [4.69, 9.17) is 16.7 Å². The Hall–Kier alpha value is -1.64. The SMILES string of the molecule is Cc1cc(NS(=O)(=O)c2ccc(CC(=O)O)s2)cnc1Cl. The molecule has 2 rings (SSSR count). The highest BCUT2D eigenvalue weighted by Crippen LogP contribution is 2.25. The zero-order valence-electron chi connectivity index (χ0n) is 10.8. The molecular weight excluding hydrogens is 336 g/mol. The van der Waals surface area contributed by atoms with E-state index in [0.29, 0.717) is 21.3 Å². The average Bonchev–Trinajstić information content (AvgIpc) is 2.82. The van der Waals surface area contributed by atoms with Gasteiger partial charge in [0.05, 0.1) is 18.3 Å². The van der Waals surface area contributed by atoms with Gasteiger partial charge >= 0.3 is 5.97 Å². The summed E-state index contributed by atoms with van der Waals surface area (Å²) in [6.45, 7) is 1.71. The first kappa shape index (κ1) is 15.7. The van der Waals surface area contributed by atoms with Crippen LogP contribution >= 0.6 is 22.9 Å². The number of sulfonamides is 1. The van der Waals surface area contributed by atoms with Gasteiger partial charge < -0.3 is 5.11 Å². The molecule has 0 aliphatic carbocycles. The highest BCUT2D eigenvalue weighted by atomic mass is 35.5. The number of nitrogens with zero attached hydrogens (tertiary/aromatic N) is 1. The van der Waals surface area contributed by atoms with Crippen molar-refractivity contribution in [2.75, 3.05) is 4.72 Å². The molecule has 9 heteroatoms. The molecule has 0 unspecified atom stereocenters. The highest BCUT2D eigenvalue weighted by molar-refractivity contribution is 7.94. The maximum atomic E-state index is 12.2. The number of carboxylic acid groups (broad SMARTS) is 1. The number of thiophene rings is 1. The van der Waals surface area contributed by atoms with Crippen molar-refractivity contribution < 1.29 is 18.3 Å². The molecule has 0 radical (unpaired) electrons. The minimum atomic E-state index is -3.77. The van der Waals surface area contributed by atoms with Gasteiger partial charge in [-0.2, -0.15) is 0 Å². The number of hydrogen-bond donors (Lipinski definition) is 2. The van der Waals surface area contributed by atoms with Gasteiger partial charge in [0.15, 0.2) is 0 Å². The predicted molar refractivity (Wildman–Crippen MR) is 80.5 cm³/mol. The molecule has 0 amide bonds. The van der Waals surface area contributed by atoms with Gasteiger partial charge in [-0.15, -0.1) is 11.3 Å². The van der Waals surface area contributed by atoms with E-state index in [-0.39, 0.29) is 10.6 Å². The number of aliphatic carboxylic acids is 1. The van der Waals surface area contributed by atoms with Crippen LogP contribution in [-0.2, 0) is 21.2 Å². The van der Waals surface area contributed by atoms with E-state index in [1.165, 1.54) is 18.3 Å². The lowest BCUT2D eigenvalue weighted by atomic mass is 10.3. The Bertz CT molecular complexity index is 786. The van der Waals surface area contributed by atoms with Gasteiger partial charge in [0.1, 0.15) is 9.36 Å². The molecule has 0 saturated carbocycles. The summed E-state index contributed by atoms with van der Waals surface area (Å²) < 4.78 is 26.8. The minimum Gasteiger partial charge on any atom is -0.481 e. The van der Waals surface area contributed by atoms with Crippen LogP contribution in [0.5, 0.6) is 0 Å². The van der Waals surface area contributed by atoms with Crippen molar-refractivity contribution in [1.82, 2.24) is 4.98 Å². The molecule has 0 bridgehead atoms. The summed E-state index contributed by atoms with van der Waals surface area (Å²) in [5.74, 6) is -1.01. The van der Waals surface area contributed by atoms with Gasteiger partial charge in [-0.1, -0.05) is 11.6 Å². The first-order chi connectivity index (χ1) is 9.78. The number of anilines is 1. The molecule has 0 aromatic carbocycles. The zero-order valence-corrected chi connectivity index (χ0v) is 13.2. The normalized spacial score (nSPS) is 11.3. The fourth-order valence-corrected chi connectivity index (χ4v) is 4.05. The Morgan fingerprint density at radius 2 is 2.19 bits per heavy atom. The second-order valence-electron chi connectivity index (χ2n) is 4.23. The molecule has 2 heterocycles. The van der Waals surface area contributed by atoms with E-state index in [1.54, 1.807) is 13.0 Å². The monoisotopic (exact) mass is 346 g/mol. The number of pyridine rings is 1. The molecular formula is C12H11ClN2O4S2. The van der Waals surface area contributed by atoms with E-state index in [2.05, 4.69) is 9.71 Å². The molecule has 0 spiro atoms.